The summed E-state index contributed by atoms with van der Waals surface area (Å²) in [5.74, 6) is 2.16. The van der Waals surface area contributed by atoms with Crippen LogP contribution in [0.1, 0.15) is 31.2 Å². The van der Waals surface area contributed by atoms with Gasteiger partial charge in [0.2, 0.25) is 5.91 Å². The van der Waals surface area contributed by atoms with Crippen LogP contribution >= 0.6 is 0 Å². The van der Waals surface area contributed by atoms with Crippen molar-refractivity contribution in [2.75, 3.05) is 27.3 Å². The van der Waals surface area contributed by atoms with Gasteiger partial charge in [-0.3, -0.25) is 4.79 Å². The van der Waals surface area contributed by atoms with E-state index in [2.05, 4.69) is 15.6 Å². The maximum Gasteiger partial charge on any atom is 0.223 e. The minimum atomic E-state index is 0.182. The van der Waals surface area contributed by atoms with E-state index in [1.165, 1.54) is 6.42 Å². The standard InChI is InChI=1S/C18H28N4O3/c1-24-15-8-7-13(11-16(15)25-2)12-22-18(19)21-10-4-9-20-17(23)14-5-3-6-14/h7-8,11,14H,3-6,9-10,12H2,1-2H3,(H,20,23)(H3,19,21,22). The van der Waals surface area contributed by atoms with E-state index in [9.17, 15) is 4.79 Å². The van der Waals surface area contributed by atoms with Gasteiger partial charge in [0.25, 0.3) is 0 Å². The molecule has 0 aromatic heterocycles. The molecule has 0 aliphatic heterocycles. The molecule has 1 saturated carbocycles. The van der Waals surface area contributed by atoms with Gasteiger partial charge in [-0.1, -0.05) is 12.5 Å². The van der Waals surface area contributed by atoms with Crippen molar-refractivity contribution in [2.24, 2.45) is 16.6 Å². The minimum Gasteiger partial charge on any atom is -0.493 e. The minimum absolute atomic E-state index is 0.182. The van der Waals surface area contributed by atoms with Crippen molar-refractivity contribution in [3.05, 3.63) is 23.8 Å². The fourth-order valence-corrected chi connectivity index (χ4v) is 2.54. The number of carbonyl (C=O) groups excluding carboxylic acids is 1. The van der Waals surface area contributed by atoms with E-state index < -0.39 is 0 Å². The second kappa shape index (κ2) is 9.76. The number of benzene rings is 1. The van der Waals surface area contributed by atoms with E-state index in [1.807, 2.05) is 18.2 Å². The number of nitrogens with two attached hydrogens (primary N) is 1. The molecular weight excluding hydrogens is 320 g/mol. The Morgan fingerprint density at radius 3 is 2.56 bits per heavy atom. The number of nitrogens with zero attached hydrogens (tertiary/aromatic N) is 1. The molecule has 0 saturated heterocycles. The normalized spacial score (nSPS) is 14.6. The largest absolute Gasteiger partial charge is 0.493 e. The number of amides is 1. The first kappa shape index (κ1) is 18.9. The first-order valence-corrected chi connectivity index (χ1v) is 8.66. The van der Waals surface area contributed by atoms with E-state index in [0.29, 0.717) is 37.1 Å². The van der Waals surface area contributed by atoms with E-state index >= 15 is 0 Å². The number of aliphatic imine (C=N–C) groups is 1. The first-order valence-electron chi connectivity index (χ1n) is 8.66. The number of rotatable bonds is 9. The average Bonchev–Trinajstić information content (AvgIpc) is 2.57. The van der Waals surface area contributed by atoms with Crippen LogP contribution in [0.4, 0.5) is 0 Å². The molecule has 7 heteroatoms. The molecule has 7 nitrogen and oxygen atoms in total. The third-order valence-corrected chi connectivity index (χ3v) is 4.31. The summed E-state index contributed by atoms with van der Waals surface area (Å²) in [6, 6.07) is 5.65. The second-order valence-electron chi connectivity index (χ2n) is 6.09. The van der Waals surface area contributed by atoms with Gasteiger partial charge in [-0.25, -0.2) is 4.99 Å². The molecule has 1 aromatic carbocycles. The lowest BCUT2D eigenvalue weighted by atomic mass is 9.85. The highest BCUT2D eigenvalue weighted by molar-refractivity contribution is 5.79. The predicted octanol–water partition coefficient (Wildman–Crippen LogP) is 1.41. The van der Waals surface area contributed by atoms with Gasteiger partial charge in [-0.15, -0.1) is 0 Å². The second-order valence-corrected chi connectivity index (χ2v) is 6.09. The number of carbonyl (C=O) groups is 1. The SMILES string of the molecule is COc1ccc(CN=C(N)NCCCNC(=O)C2CCC2)cc1OC. The lowest BCUT2D eigenvalue weighted by Crippen LogP contribution is -2.37. The average molecular weight is 348 g/mol. The molecule has 1 amide bonds. The van der Waals surface area contributed by atoms with Crippen LogP contribution in [0.25, 0.3) is 0 Å². The Morgan fingerprint density at radius 2 is 1.92 bits per heavy atom. The van der Waals surface area contributed by atoms with Crippen LogP contribution < -0.4 is 25.8 Å². The summed E-state index contributed by atoms with van der Waals surface area (Å²) in [5.41, 5.74) is 6.85. The molecule has 1 aromatic rings. The number of hydrogen-bond acceptors (Lipinski definition) is 4. The van der Waals surface area contributed by atoms with Crippen LogP contribution in [0.3, 0.4) is 0 Å². The van der Waals surface area contributed by atoms with Crippen LogP contribution in [0.15, 0.2) is 23.2 Å². The van der Waals surface area contributed by atoms with E-state index in [1.54, 1.807) is 14.2 Å². The summed E-state index contributed by atoms with van der Waals surface area (Å²) in [7, 11) is 3.21. The first-order chi connectivity index (χ1) is 12.1. The monoisotopic (exact) mass is 348 g/mol. The van der Waals surface area contributed by atoms with Crippen LogP contribution in [0.5, 0.6) is 11.5 Å². The van der Waals surface area contributed by atoms with Crippen molar-refractivity contribution in [2.45, 2.75) is 32.2 Å². The Hall–Kier alpha value is -2.44. The lowest BCUT2D eigenvalue weighted by Gasteiger charge is -2.24. The molecule has 25 heavy (non-hydrogen) atoms. The van der Waals surface area contributed by atoms with Gasteiger partial charge in [-0.05, 0) is 37.0 Å². The predicted molar refractivity (Wildman–Crippen MR) is 97.8 cm³/mol. The molecule has 0 bridgehead atoms. The Labute approximate surface area is 149 Å². The summed E-state index contributed by atoms with van der Waals surface area (Å²) in [6.07, 6.45) is 4.04. The fraction of sp³-hybridized carbons (Fsp3) is 0.556. The summed E-state index contributed by atoms with van der Waals surface area (Å²) < 4.78 is 10.5. The third-order valence-electron chi connectivity index (χ3n) is 4.31. The number of hydrogen-bond donors (Lipinski definition) is 3. The molecule has 4 N–H and O–H groups in total. The maximum absolute atomic E-state index is 11.7. The molecule has 0 spiro atoms. The molecule has 0 heterocycles. The number of methoxy groups -OCH3 is 2. The molecule has 1 fully saturated rings. The van der Waals surface area contributed by atoms with Gasteiger partial charge >= 0.3 is 0 Å². The molecular formula is C18H28N4O3. The van der Waals surface area contributed by atoms with Crippen LogP contribution in [0, 0.1) is 5.92 Å². The molecule has 0 unspecified atom stereocenters. The Kier molecular flexibility index (Phi) is 7.37. The van der Waals surface area contributed by atoms with Crippen molar-refractivity contribution in [1.82, 2.24) is 10.6 Å². The summed E-state index contributed by atoms with van der Waals surface area (Å²) in [6.45, 7) is 1.79. The van der Waals surface area contributed by atoms with Crippen molar-refractivity contribution in [3.8, 4) is 11.5 Å². The van der Waals surface area contributed by atoms with Gasteiger partial charge < -0.3 is 25.8 Å². The van der Waals surface area contributed by atoms with Gasteiger partial charge in [0, 0.05) is 19.0 Å². The van der Waals surface area contributed by atoms with Crippen LogP contribution in [0.2, 0.25) is 0 Å². The molecule has 0 atom stereocenters. The van der Waals surface area contributed by atoms with Gasteiger partial charge in [0.1, 0.15) is 0 Å². The summed E-state index contributed by atoms with van der Waals surface area (Å²) >= 11 is 0. The van der Waals surface area contributed by atoms with E-state index in [4.69, 9.17) is 15.2 Å². The highest BCUT2D eigenvalue weighted by atomic mass is 16.5. The molecule has 138 valence electrons. The quantitative estimate of drug-likeness (QED) is 0.356. The topological polar surface area (TPSA) is 98.0 Å². The molecule has 1 aliphatic carbocycles. The van der Waals surface area contributed by atoms with Crippen LogP contribution in [-0.4, -0.2) is 39.2 Å². The van der Waals surface area contributed by atoms with E-state index in [-0.39, 0.29) is 11.8 Å². The zero-order valence-electron chi connectivity index (χ0n) is 15.0. The summed E-state index contributed by atoms with van der Waals surface area (Å²) in [4.78, 5) is 16.0. The van der Waals surface area contributed by atoms with Gasteiger partial charge in [-0.2, -0.15) is 0 Å². The summed E-state index contributed by atoms with van der Waals surface area (Å²) in [5, 5.41) is 6.01. The zero-order valence-corrected chi connectivity index (χ0v) is 15.0. The zero-order chi connectivity index (χ0) is 18.1. The smallest absolute Gasteiger partial charge is 0.223 e. The van der Waals surface area contributed by atoms with Gasteiger partial charge in [0.15, 0.2) is 17.5 Å². The number of nitrogens with one attached hydrogen (secondary N) is 2. The van der Waals surface area contributed by atoms with Crippen molar-refractivity contribution < 1.29 is 14.3 Å². The molecule has 0 radical (unpaired) electrons. The van der Waals surface area contributed by atoms with Crippen molar-refractivity contribution in [3.63, 3.8) is 0 Å². The fourth-order valence-electron chi connectivity index (χ4n) is 2.54. The highest BCUT2D eigenvalue weighted by Crippen LogP contribution is 2.27. The third kappa shape index (κ3) is 5.85. The lowest BCUT2D eigenvalue weighted by molar-refractivity contribution is -0.127. The van der Waals surface area contributed by atoms with Crippen molar-refractivity contribution >= 4 is 11.9 Å². The van der Waals surface area contributed by atoms with Crippen LogP contribution in [-0.2, 0) is 11.3 Å². The van der Waals surface area contributed by atoms with E-state index in [0.717, 1.165) is 24.8 Å². The maximum atomic E-state index is 11.7. The number of ether oxygens (including phenoxy) is 2. The van der Waals surface area contributed by atoms with Crippen molar-refractivity contribution in [1.29, 1.82) is 0 Å². The highest BCUT2D eigenvalue weighted by Gasteiger charge is 2.24. The Balaban J connectivity index is 1.66. The van der Waals surface area contributed by atoms with Gasteiger partial charge in [0.05, 0.1) is 20.8 Å². The number of guanidine groups is 1. The Bertz CT molecular complexity index is 600. The molecule has 2 rings (SSSR count). The molecule has 1 aliphatic rings. The Morgan fingerprint density at radius 1 is 1.20 bits per heavy atom.